The van der Waals surface area contributed by atoms with Crippen LogP contribution < -0.4 is 10.6 Å². The van der Waals surface area contributed by atoms with E-state index in [0.717, 1.165) is 25.1 Å². The van der Waals surface area contributed by atoms with Gasteiger partial charge in [0.25, 0.3) is 0 Å². The second-order valence-electron chi connectivity index (χ2n) is 4.54. The predicted octanol–water partition coefficient (Wildman–Crippen LogP) is 1.07. The zero-order valence-electron chi connectivity index (χ0n) is 10.7. The van der Waals surface area contributed by atoms with E-state index < -0.39 is 0 Å². The number of carbonyl (C=O) groups is 1. The molecule has 2 atom stereocenters. The maximum absolute atomic E-state index is 11.9. The maximum atomic E-state index is 11.9. The summed E-state index contributed by atoms with van der Waals surface area (Å²) in [6.45, 7) is 4.18. The molecule has 1 fully saturated rings. The average molecular weight is 248 g/mol. The van der Waals surface area contributed by atoms with Crippen molar-refractivity contribution in [1.29, 1.82) is 0 Å². The Morgan fingerprint density at radius 3 is 2.94 bits per heavy atom. The SMILES string of the molecule is CCNC1CNC(C(=O)OCc2ccccc2)C1. The molecule has 2 rings (SSSR count). The molecule has 1 aliphatic rings. The number of esters is 1. The first kappa shape index (κ1) is 13.1. The lowest BCUT2D eigenvalue weighted by Gasteiger charge is -2.11. The van der Waals surface area contributed by atoms with Gasteiger partial charge in [-0.15, -0.1) is 0 Å². The molecule has 0 saturated carbocycles. The molecule has 98 valence electrons. The molecule has 1 heterocycles. The van der Waals surface area contributed by atoms with Crippen LogP contribution in [-0.4, -0.2) is 31.1 Å². The van der Waals surface area contributed by atoms with E-state index in [1.54, 1.807) is 0 Å². The van der Waals surface area contributed by atoms with Crippen molar-refractivity contribution in [2.75, 3.05) is 13.1 Å². The Morgan fingerprint density at radius 1 is 1.44 bits per heavy atom. The second-order valence-corrected chi connectivity index (χ2v) is 4.54. The average Bonchev–Trinajstić information content (AvgIpc) is 2.86. The lowest BCUT2D eigenvalue weighted by molar-refractivity contribution is -0.147. The zero-order valence-corrected chi connectivity index (χ0v) is 10.7. The van der Waals surface area contributed by atoms with Gasteiger partial charge in [0.2, 0.25) is 0 Å². The Morgan fingerprint density at radius 2 is 2.22 bits per heavy atom. The van der Waals surface area contributed by atoms with Crippen LogP contribution in [0.25, 0.3) is 0 Å². The van der Waals surface area contributed by atoms with Gasteiger partial charge in [-0.1, -0.05) is 37.3 Å². The number of nitrogens with one attached hydrogen (secondary N) is 2. The van der Waals surface area contributed by atoms with Gasteiger partial charge >= 0.3 is 5.97 Å². The summed E-state index contributed by atoms with van der Waals surface area (Å²) >= 11 is 0. The van der Waals surface area contributed by atoms with E-state index in [1.807, 2.05) is 30.3 Å². The van der Waals surface area contributed by atoms with Crippen molar-refractivity contribution >= 4 is 5.97 Å². The summed E-state index contributed by atoms with van der Waals surface area (Å²) in [6.07, 6.45) is 0.807. The highest BCUT2D eigenvalue weighted by molar-refractivity contribution is 5.76. The Bertz CT molecular complexity index is 381. The number of rotatable bonds is 5. The Labute approximate surface area is 108 Å². The van der Waals surface area contributed by atoms with Gasteiger partial charge in [-0.3, -0.25) is 4.79 Å². The minimum Gasteiger partial charge on any atom is -0.460 e. The van der Waals surface area contributed by atoms with Crippen LogP contribution in [0.5, 0.6) is 0 Å². The summed E-state index contributed by atoms with van der Waals surface area (Å²) in [7, 11) is 0. The van der Waals surface area contributed by atoms with E-state index >= 15 is 0 Å². The van der Waals surface area contributed by atoms with Crippen LogP contribution in [0.4, 0.5) is 0 Å². The number of benzene rings is 1. The third-order valence-corrected chi connectivity index (χ3v) is 3.13. The molecule has 4 nitrogen and oxygen atoms in total. The third kappa shape index (κ3) is 3.55. The molecule has 1 aromatic carbocycles. The van der Waals surface area contributed by atoms with Crippen LogP contribution in [0.3, 0.4) is 0 Å². The molecule has 0 spiro atoms. The molecule has 2 N–H and O–H groups in total. The van der Waals surface area contributed by atoms with Gasteiger partial charge in [-0.25, -0.2) is 0 Å². The molecule has 0 aromatic heterocycles. The Kier molecular flexibility index (Phi) is 4.73. The topological polar surface area (TPSA) is 50.4 Å². The fourth-order valence-corrected chi connectivity index (χ4v) is 2.19. The van der Waals surface area contributed by atoms with Crippen LogP contribution in [0.15, 0.2) is 30.3 Å². The van der Waals surface area contributed by atoms with E-state index in [-0.39, 0.29) is 12.0 Å². The summed E-state index contributed by atoms with van der Waals surface area (Å²) in [5, 5.41) is 6.52. The number of hydrogen-bond donors (Lipinski definition) is 2. The Hall–Kier alpha value is -1.39. The van der Waals surface area contributed by atoms with Gasteiger partial charge in [-0.2, -0.15) is 0 Å². The van der Waals surface area contributed by atoms with E-state index in [1.165, 1.54) is 0 Å². The smallest absolute Gasteiger partial charge is 0.323 e. The van der Waals surface area contributed by atoms with E-state index in [0.29, 0.717) is 12.6 Å². The van der Waals surface area contributed by atoms with Gasteiger partial charge < -0.3 is 15.4 Å². The molecule has 2 unspecified atom stereocenters. The molecule has 0 radical (unpaired) electrons. The van der Waals surface area contributed by atoms with Crippen molar-refractivity contribution in [2.45, 2.75) is 32.0 Å². The number of carbonyl (C=O) groups excluding carboxylic acids is 1. The van der Waals surface area contributed by atoms with Gasteiger partial charge in [0.1, 0.15) is 12.6 Å². The lowest BCUT2D eigenvalue weighted by Crippen LogP contribution is -2.32. The normalized spacial score (nSPS) is 22.9. The first-order valence-corrected chi connectivity index (χ1v) is 6.47. The van der Waals surface area contributed by atoms with Crippen molar-refractivity contribution in [3.05, 3.63) is 35.9 Å². The molecule has 4 heteroatoms. The highest BCUT2D eigenvalue weighted by atomic mass is 16.5. The largest absolute Gasteiger partial charge is 0.460 e. The van der Waals surface area contributed by atoms with Gasteiger partial charge in [-0.05, 0) is 18.5 Å². The fraction of sp³-hybridized carbons (Fsp3) is 0.500. The number of likely N-dealkylation sites (N-methyl/N-ethyl adjacent to an activating group) is 1. The molecular formula is C14H20N2O2. The molecule has 0 aliphatic carbocycles. The van der Waals surface area contributed by atoms with Gasteiger partial charge in [0.05, 0.1) is 0 Å². The van der Waals surface area contributed by atoms with Crippen LogP contribution in [-0.2, 0) is 16.1 Å². The van der Waals surface area contributed by atoms with Gasteiger partial charge in [0.15, 0.2) is 0 Å². The lowest BCUT2D eigenvalue weighted by atomic mass is 10.2. The van der Waals surface area contributed by atoms with Crippen molar-refractivity contribution in [1.82, 2.24) is 10.6 Å². The monoisotopic (exact) mass is 248 g/mol. The van der Waals surface area contributed by atoms with Crippen molar-refractivity contribution < 1.29 is 9.53 Å². The zero-order chi connectivity index (χ0) is 12.8. The first-order chi connectivity index (χ1) is 8.79. The van der Waals surface area contributed by atoms with E-state index in [9.17, 15) is 4.79 Å². The molecule has 18 heavy (non-hydrogen) atoms. The summed E-state index contributed by atoms with van der Waals surface area (Å²) in [6, 6.07) is 9.96. The van der Waals surface area contributed by atoms with Crippen LogP contribution in [0.2, 0.25) is 0 Å². The van der Waals surface area contributed by atoms with Crippen molar-refractivity contribution in [3.63, 3.8) is 0 Å². The molecule has 0 bridgehead atoms. The molecule has 0 amide bonds. The van der Waals surface area contributed by atoms with Crippen molar-refractivity contribution in [2.24, 2.45) is 0 Å². The summed E-state index contributed by atoms with van der Waals surface area (Å²) in [4.78, 5) is 11.9. The third-order valence-electron chi connectivity index (χ3n) is 3.13. The molecule has 1 aliphatic heterocycles. The van der Waals surface area contributed by atoms with Gasteiger partial charge in [0, 0.05) is 12.6 Å². The minimum atomic E-state index is -0.169. The molecular weight excluding hydrogens is 228 g/mol. The second kappa shape index (κ2) is 6.52. The number of ether oxygens (including phenoxy) is 1. The highest BCUT2D eigenvalue weighted by Crippen LogP contribution is 2.10. The van der Waals surface area contributed by atoms with Crippen LogP contribution in [0, 0.1) is 0 Å². The maximum Gasteiger partial charge on any atom is 0.323 e. The van der Waals surface area contributed by atoms with E-state index in [4.69, 9.17) is 4.74 Å². The van der Waals surface area contributed by atoms with Crippen molar-refractivity contribution in [3.8, 4) is 0 Å². The summed E-state index contributed by atoms with van der Waals surface area (Å²) in [5.74, 6) is -0.153. The van der Waals surface area contributed by atoms with Crippen LogP contribution in [0.1, 0.15) is 18.9 Å². The van der Waals surface area contributed by atoms with E-state index in [2.05, 4.69) is 17.6 Å². The quantitative estimate of drug-likeness (QED) is 0.765. The Balaban J connectivity index is 1.76. The first-order valence-electron chi connectivity index (χ1n) is 6.47. The minimum absolute atomic E-state index is 0.153. The number of hydrogen-bond acceptors (Lipinski definition) is 4. The molecule has 1 saturated heterocycles. The summed E-state index contributed by atoms with van der Waals surface area (Å²) < 4.78 is 5.31. The molecule has 1 aromatic rings. The fourth-order valence-electron chi connectivity index (χ4n) is 2.19. The standard InChI is InChI=1S/C14H20N2O2/c1-2-15-12-8-13(16-9-12)14(17)18-10-11-6-4-3-5-7-11/h3-7,12-13,15-16H,2,8-10H2,1H3. The highest BCUT2D eigenvalue weighted by Gasteiger charge is 2.29. The van der Waals surface area contributed by atoms with Crippen LogP contribution >= 0.6 is 0 Å². The summed E-state index contributed by atoms with van der Waals surface area (Å²) in [5.41, 5.74) is 1.02. The predicted molar refractivity (Wildman–Crippen MR) is 70.1 cm³/mol.